The second kappa shape index (κ2) is 5.95. The van der Waals surface area contributed by atoms with Crippen molar-refractivity contribution in [1.29, 1.82) is 5.26 Å². The Balaban J connectivity index is 3.72. The van der Waals surface area contributed by atoms with E-state index in [9.17, 15) is 0 Å². The molecule has 13 heavy (non-hydrogen) atoms. The van der Waals surface area contributed by atoms with Crippen LogP contribution in [0.4, 0.5) is 0 Å². The minimum atomic E-state index is -0.0912. The molecule has 0 aliphatic heterocycles. The zero-order valence-electron chi connectivity index (χ0n) is 8.80. The lowest BCUT2D eigenvalue weighted by Gasteiger charge is -2.22. The molecular formula is C10H20N2O. The average Bonchev–Trinajstić information content (AvgIpc) is 2.01. The van der Waals surface area contributed by atoms with E-state index in [1.807, 2.05) is 0 Å². The Bertz CT molecular complexity index is 167. The van der Waals surface area contributed by atoms with Gasteiger partial charge in [-0.25, -0.2) is 0 Å². The maximum Gasteiger partial charge on any atom is 0.0958 e. The summed E-state index contributed by atoms with van der Waals surface area (Å²) in [5.41, 5.74) is 0.173. The smallest absolute Gasteiger partial charge is 0.0958 e. The van der Waals surface area contributed by atoms with Crippen LogP contribution in [0.3, 0.4) is 0 Å². The summed E-state index contributed by atoms with van der Waals surface area (Å²) in [6.07, 6.45) is 1.55. The number of hydrogen-bond donors (Lipinski definition) is 2. The summed E-state index contributed by atoms with van der Waals surface area (Å²) in [4.78, 5) is 0. The second-order valence-electron chi connectivity index (χ2n) is 4.48. The first kappa shape index (κ1) is 12.4. The van der Waals surface area contributed by atoms with E-state index in [-0.39, 0.29) is 18.1 Å². The maximum absolute atomic E-state index is 8.81. The van der Waals surface area contributed by atoms with Crippen LogP contribution >= 0.6 is 0 Å². The van der Waals surface area contributed by atoms with Gasteiger partial charge in [0.15, 0.2) is 0 Å². The second-order valence-corrected chi connectivity index (χ2v) is 4.48. The van der Waals surface area contributed by atoms with E-state index in [0.717, 1.165) is 6.42 Å². The molecule has 0 aromatic heterocycles. The fraction of sp³-hybridized carbons (Fsp3) is 0.900. The summed E-state index contributed by atoms with van der Waals surface area (Å²) in [7, 11) is 0. The topological polar surface area (TPSA) is 56.0 Å². The fourth-order valence-electron chi connectivity index (χ4n) is 1.13. The van der Waals surface area contributed by atoms with Crippen molar-refractivity contribution in [3.05, 3.63) is 0 Å². The number of nitriles is 1. The Labute approximate surface area is 80.8 Å². The van der Waals surface area contributed by atoms with E-state index in [4.69, 9.17) is 10.4 Å². The van der Waals surface area contributed by atoms with E-state index >= 15 is 0 Å². The minimum absolute atomic E-state index is 0.0912. The molecule has 0 heterocycles. The Morgan fingerprint density at radius 2 is 2.08 bits per heavy atom. The molecule has 76 valence electrons. The molecule has 0 bridgehead atoms. The van der Waals surface area contributed by atoms with Crippen LogP contribution in [-0.4, -0.2) is 24.3 Å². The zero-order chi connectivity index (χ0) is 10.3. The SMILES string of the molecule is CC(C)(C)CC(C#N)NCCCO. The zero-order valence-corrected chi connectivity index (χ0v) is 8.80. The molecule has 2 N–H and O–H groups in total. The van der Waals surface area contributed by atoms with Crippen LogP contribution in [0.15, 0.2) is 0 Å². The molecular weight excluding hydrogens is 164 g/mol. The van der Waals surface area contributed by atoms with Crippen LogP contribution in [0.5, 0.6) is 0 Å². The summed E-state index contributed by atoms with van der Waals surface area (Å²) in [5.74, 6) is 0. The van der Waals surface area contributed by atoms with Crippen LogP contribution in [0.25, 0.3) is 0 Å². The lowest BCUT2D eigenvalue weighted by Crippen LogP contribution is -2.32. The Hall–Kier alpha value is -0.590. The molecule has 0 rings (SSSR count). The predicted octanol–water partition coefficient (Wildman–Crippen LogP) is 1.29. The number of rotatable bonds is 5. The highest BCUT2D eigenvalue weighted by molar-refractivity contribution is 4.92. The number of hydrogen-bond acceptors (Lipinski definition) is 3. The molecule has 0 amide bonds. The van der Waals surface area contributed by atoms with Crippen LogP contribution in [0, 0.1) is 16.7 Å². The molecule has 1 unspecified atom stereocenters. The fourth-order valence-corrected chi connectivity index (χ4v) is 1.13. The molecule has 0 aliphatic carbocycles. The van der Waals surface area contributed by atoms with Crippen molar-refractivity contribution < 1.29 is 5.11 Å². The first-order valence-corrected chi connectivity index (χ1v) is 4.73. The highest BCUT2D eigenvalue weighted by Crippen LogP contribution is 2.20. The number of aliphatic hydroxyl groups is 1. The van der Waals surface area contributed by atoms with Crippen molar-refractivity contribution in [2.24, 2.45) is 5.41 Å². The lowest BCUT2D eigenvalue weighted by molar-refractivity contribution is 0.279. The minimum Gasteiger partial charge on any atom is -0.396 e. The van der Waals surface area contributed by atoms with Gasteiger partial charge >= 0.3 is 0 Å². The third kappa shape index (κ3) is 7.76. The Morgan fingerprint density at radius 1 is 1.46 bits per heavy atom. The maximum atomic E-state index is 8.81. The number of aliphatic hydroxyl groups excluding tert-OH is 1. The molecule has 1 atom stereocenters. The molecule has 0 spiro atoms. The molecule has 0 aromatic carbocycles. The summed E-state index contributed by atoms with van der Waals surface area (Å²) in [6, 6.07) is 2.13. The first-order valence-electron chi connectivity index (χ1n) is 4.73. The predicted molar refractivity (Wildman–Crippen MR) is 53.2 cm³/mol. The first-order chi connectivity index (χ1) is 5.99. The van der Waals surface area contributed by atoms with Gasteiger partial charge in [-0.05, 0) is 24.8 Å². The standard InChI is InChI=1S/C10H20N2O/c1-10(2,3)7-9(8-11)12-5-4-6-13/h9,12-13H,4-7H2,1-3H3. The van der Waals surface area contributed by atoms with Crippen LogP contribution in [0.2, 0.25) is 0 Å². The highest BCUT2D eigenvalue weighted by atomic mass is 16.3. The van der Waals surface area contributed by atoms with Crippen molar-refractivity contribution in [2.45, 2.75) is 39.7 Å². The van der Waals surface area contributed by atoms with Crippen LogP contribution in [-0.2, 0) is 0 Å². The third-order valence-corrected chi connectivity index (χ3v) is 1.70. The van der Waals surface area contributed by atoms with Crippen LogP contribution in [0.1, 0.15) is 33.6 Å². The largest absolute Gasteiger partial charge is 0.396 e. The summed E-state index contributed by atoms with van der Waals surface area (Å²) in [6.45, 7) is 7.24. The van der Waals surface area contributed by atoms with Gasteiger partial charge in [-0.3, -0.25) is 0 Å². The quantitative estimate of drug-likeness (QED) is 0.633. The van der Waals surface area contributed by atoms with Crippen molar-refractivity contribution in [1.82, 2.24) is 5.32 Å². The van der Waals surface area contributed by atoms with Gasteiger partial charge in [-0.15, -0.1) is 0 Å². The van der Waals surface area contributed by atoms with Gasteiger partial charge in [-0.2, -0.15) is 5.26 Å². The van der Waals surface area contributed by atoms with Crippen molar-refractivity contribution in [3.8, 4) is 6.07 Å². The molecule has 3 heteroatoms. The van der Waals surface area contributed by atoms with E-state index < -0.39 is 0 Å². The van der Waals surface area contributed by atoms with E-state index in [1.165, 1.54) is 0 Å². The van der Waals surface area contributed by atoms with Crippen molar-refractivity contribution in [2.75, 3.05) is 13.2 Å². The monoisotopic (exact) mass is 184 g/mol. The summed E-state index contributed by atoms with van der Waals surface area (Å²) in [5, 5.41) is 20.5. The van der Waals surface area contributed by atoms with E-state index in [0.29, 0.717) is 13.0 Å². The highest BCUT2D eigenvalue weighted by Gasteiger charge is 2.17. The van der Waals surface area contributed by atoms with E-state index in [2.05, 4.69) is 32.2 Å². The number of nitrogens with one attached hydrogen (secondary N) is 1. The van der Waals surface area contributed by atoms with Gasteiger partial charge < -0.3 is 10.4 Å². The number of nitrogens with zero attached hydrogens (tertiary/aromatic N) is 1. The lowest BCUT2D eigenvalue weighted by atomic mass is 9.88. The molecule has 0 aliphatic rings. The molecule has 0 radical (unpaired) electrons. The van der Waals surface area contributed by atoms with Crippen molar-refractivity contribution >= 4 is 0 Å². The molecule has 3 nitrogen and oxygen atoms in total. The van der Waals surface area contributed by atoms with Gasteiger partial charge in [0.1, 0.15) is 0 Å². The Kier molecular flexibility index (Phi) is 5.68. The summed E-state index contributed by atoms with van der Waals surface area (Å²) >= 11 is 0. The van der Waals surface area contributed by atoms with Gasteiger partial charge in [0.05, 0.1) is 12.1 Å². The van der Waals surface area contributed by atoms with Crippen molar-refractivity contribution in [3.63, 3.8) is 0 Å². The normalized spacial score (nSPS) is 13.8. The molecule has 0 saturated carbocycles. The van der Waals surface area contributed by atoms with Gasteiger partial charge in [0.25, 0.3) is 0 Å². The van der Waals surface area contributed by atoms with E-state index in [1.54, 1.807) is 0 Å². The van der Waals surface area contributed by atoms with Crippen LogP contribution < -0.4 is 5.32 Å². The Morgan fingerprint density at radius 3 is 2.46 bits per heavy atom. The van der Waals surface area contributed by atoms with Gasteiger partial charge in [-0.1, -0.05) is 20.8 Å². The summed E-state index contributed by atoms with van der Waals surface area (Å²) < 4.78 is 0. The molecule has 0 fully saturated rings. The van der Waals surface area contributed by atoms with Gasteiger partial charge in [0, 0.05) is 6.61 Å². The average molecular weight is 184 g/mol. The molecule has 0 aromatic rings. The molecule has 0 saturated heterocycles. The third-order valence-electron chi connectivity index (χ3n) is 1.70. The van der Waals surface area contributed by atoms with Gasteiger partial charge in [0.2, 0.25) is 0 Å².